The number of halogens is 1. The van der Waals surface area contributed by atoms with Crippen LogP contribution in [0.2, 0.25) is 0 Å². The molecular weight excluding hydrogens is 293 g/mol. The van der Waals surface area contributed by atoms with Crippen molar-refractivity contribution >= 4 is 17.7 Å². The highest BCUT2D eigenvalue weighted by atomic mass is 19.1. The molecule has 0 unspecified atom stereocenters. The summed E-state index contributed by atoms with van der Waals surface area (Å²) in [5.74, 6) is -2.20. The number of carbonyl (C=O) groups is 3. The van der Waals surface area contributed by atoms with Gasteiger partial charge in [0.05, 0.1) is 6.26 Å². The molecule has 0 saturated heterocycles. The molecule has 6 nitrogen and oxygen atoms in total. The smallest absolute Gasteiger partial charge is 0.325 e. The van der Waals surface area contributed by atoms with Gasteiger partial charge in [-0.15, -0.1) is 0 Å². The zero-order valence-corrected chi connectivity index (χ0v) is 11.4. The van der Waals surface area contributed by atoms with E-state index >= 15 is 0 Å². The Bertz CT molecular complexity index is 664. The highest BCUT2D eigenvalue weighted by Gasteiger charge is 2.13. The van der Waals surface area contributed by atoms with Crippen molar-refractivity contribution in [3.63, 3.8) is 0 Å². The first-order valence-corrected chi connectivity index (χ1v) is 6.32. The molecule has 0 aliphatic carbocycles. The predicted octanol–water partition coefficient (Wildman–Crippen LogP) is 1.57. The molecule has 0 radical (unpaired) electrons. The van der Waals surface area contributed by atoms with Gasteiger partial charge in [-0.05, 0) is 36.4 Å². The summed E-state index contributed by atoms with van der Waals surface area (Å²) in [6.07, 6.45) is 1.33. The van der Waals surface area contributed by atoms with Gasteiger partial charge < -0.3 is 14.5 Å². The highest BCUT2D eigenvalue weighted by Crippen LogP contribution is 2.04. The van der Waals surface area contributed by atoms with Crippen LogP contribution in [0.15, 0.2) is 47.1 Å². The van der Waals surface area contributed by atoms with Gasteiger partial charge in [0.25, 0.3) is 5.91 Å². The number of furan rings is 1. The van der Waals surface area contributed by atoms with Crippen LogP contribution in [0.25, 0.3) is 0 Å². The number of carbonyl (C=O) groups excluding carboxylic acids is 3. The van der Waals surface area contributed by atoms with Crippen LogP contribution in [0.3, 0.4) is 0 Å². The van der Waals surface area contributed by atoms with Gasteiger partial charge in [-0.25, -0.2) is 4.39 Å². The van der Waals surface area contributed by atoms with E-state index in [0.29, 0.717) is 0 Å². The predicted molar refractivity (Wildman–Crippen MR) is 72.7 cm³/mol. The number of hydrogen-bond donors (Lipinski definition) is 1. The molecule has 0 aliphatic heterocycles. The molecule has 1 N–H and O–H groups in total. The number of nitrogens with one attached hydrogen (secondary N) is 1. The minimum atomic E-state index is -0.768. The van der Waals surface area contributed by atoms with Gasteiger partial charge in [0.2, 0.25) is 0 Å². The van der Waals surface area contributed by atoms with Crippen LogP contribution < -0.4 is 5.32 Å². The van der Waals surface area contributed by atoms with E-state index < -0.39 is 36.6 Å². The van der Waals surface area contributed by atoms with Crippen LogP contribution in [0.5, 0.6) is 0 Å². The van der Waals surface area contributed by atoms with E-state index in [1.807, 2.05) is 0 Å². The van der Waals surface area contributed by atoms with E-state index in [1.54, 1.807) is 0 Å². The lowest BCUT2D eigenvalue weighted by molar-refractivity contribution is -0.141. The number of rotatable bonds is 6. The Balaban J connectivity index is 1.74. The Morgan fingerprint density at radius 2 is 1.86 bits per heavy atom. The Labute approximate surface area is 124 Å². The van der Waals surface area contributed by atoms with Crippen LogP contribution in [0.4, 0.5) is 4.39 Å². The van der Waals surface area contributed by atoms with Gasteiger partial charge in [-0.1, -0.05) is 0 Å². The second-order valence-corrected chi connectivity index (χ2v) is 4.25. The number of hydrogen-bond acceptors (Lipinski definition) is 5. The molecule has 7 heteroatoms. The maximum absolute atomic E-state index is 12.7. The van der Waals surface area contributed by atoms with Crippen LogP contribution >= 0.6 is 0 Å². The molecule has 0 spiro atoms. The van der Waals surface area contributed by atoms with Gasteiger partial charge in [-0.3, -0.25) is 14.4 Å². The first-order valence-electron chi connectivity index (χ1n) is 6.32. The number of benzene rings is 1. The van der Waals surface area contributed by atoms with E-state index in [9.17, 15) is 18.8 Å². The second-order valence-electron chi connectivity index (χ2n) is 4.25. The molecule has 2 rings (SSSR count). The van der Waals surface area contributed by atoms with E-state index in [1.165, 1.54) is 30.5 Å². The lowest BCUT2D eigenvalue weighted by Crippen LogP contribution is -2.31. The summed E-state index contributed by atoms with van der Waals surface area (Å²) in [6, 6.07) is 7.85. The fourth-order valence-corrected chi connectivity index (χ4v) is 1.56. The number of amides is 1. The van der Waals surface area contributed by atoms with E-state index in [4.69, 9.17) is 9.15 Å². The Hall–Kier alpha value is -2.96. The van der Waals surface area contributed by atoms with Crippen molar-refractivity contribution in [3.8, 4) is 0 Å². The molecule has 0 saturated carbocycles. The molecule has 2 aromatic rings. The summed E-state index contributed by atoms with van der Waals surface area (Å²) >= 11 is 0. The van der Waals surface area contributed by atoms with E-state index in [2.05, 4.69) is 5.32 Å². The Morgan fingerprint density at radius 3 is 2.50 bits per heavy atom. The number of ketones is 1. The maximum atomic E-state index is 12.7. The molecule has 1 aromatic carbocycles. The fourth-order valence-electron chi connectivity index (χ4n) is 1.56. The van der Waals surface area contributed by atoms with Crippen molar-refractivity contribution in [2.24, 2.45) is 0 Å². The standard InChI is InChI=1S/C15H12FNO5/c16-11-5-3-10(4-6-11)12(18)9-22-14(19)8-17-15(20)13-2-1-7-21-13/h1-7H,8-9H2,(H,17,20). The van der Waals surface area contributed by atoms with E-state index in [-0.39, 0.29) is 11.3 Å². The molecule has 114 valence electrons. The third-order valence-electron chi connectivity index (χ3n) is 2.67. The largest absolute Gasteiger partial charge is 0.459 e. The average Bonchev–Trinajstić information content (AvgIpc) is 3.05. The lowest BCUT2D eigenvalue weighted by Gasteiger charge is -2.05. The third kappa shape index (κ3) is 4.27. The average molecular weight is 305 g/mol. The summed E-state index contributed by atoms with van der Waals surface area (Å²) in [5.41, 5.74) is 0.230. The van der Waals surface area contributed by atoms with Crippen LogP contribution in [0.1, 0.15) is 20.9 Å². The zero-order valence-electron chi connectivity index (χ0n) is 11.4. The van der Waals surface area contributed by atoms with Gasteiger partial charge in [0, 0.05) is 5.56 Å². The van der Waals surface area contributed by atoms with Crippen LogP contribution in [-0.2, 0) is 9.53 Å². The molecule has 1 amide bonds. The number of esters is 1. The maximum Gasteiger partial charge on any atom is 0.325 e. The quantitative estimate of drug-likeness (QED) is 0.647. The topological polar surface area (TPSA) is 85.6 Å². The Morgan fingerprint density at radius 1 is 1.14 bits per heavy atom. The van der Waals surface area contributed by atoms with Gasteiger partial charge in [0.1, 0.15) is 12.4 Å². The fraction of sp³-hybridized carbons (Fsp3) is 0.133. The van der Waals surface area contributed by atoms with Gasteiger partial charge in [-0.2, -0.15) is 0 Å². The summed E-state index contributed by atoms with van der Waals surface area (Å²) in [4.78, 5) is 34.6. The first kappa shape index (κ1) is 15.4. The molecule has 0 atom stereocenters. The molecule has 1 heterocycles. The summed E-state index contributed by atoms with van der Waals surface area (Å²) < 4.78 is 22.3. The number of Topliss-reactive ketones (excluding diaryl/α,β-unsaturated/α-hetero) is 1. The second kappa shape index (κ2) is 7.16. The first-order chi connectivity index (χ1) is 10.6. The van der Waals surface area contributed by atoms with Crippen molar-refractivity contribution in [1.29, 1.82) is 0 Å². The van der Waals surface area contributed by atoms with E-state index in [0.717, 1.165) is 12.1 Å². The van der Waals surface area contributed by atoms with Crippen molar-refractivity contribution < 1.29 is 27.9 Å². The van der Waals surface area contributed by atoms with Crippen molar-refractivity contribution in [2.45, 2.75) is 0 Å². The Kier molecular flexibility index (Phi) is 5.02. The van der Waals surface area contributed by atoms with Crippen molar-refractivity contribution in [3.05, 3.63) is 59.8 Å². The highest BCUT2D eigenvalue weighted by molar-refractivity contribution is 5.98. The normalized spacial score (nSPS) is 10.0. The summed E-state index contributed by atoms with van der Waals surface area (Å²) in [5, 5.41) is 2.29. The monoisotopic (exact) mass is 305 g/mol. The minimum absolute atomic E-state index is 0.0650. The molecule has 0 aliphatic rings. The molecule has 1 aromatic heterocycles. The molecule has 0 bridgehead atoms. The zero-order chi connectivity index (χ0) is 15.9. The minimum Gasteiger partial charge on any atom is -0.459 e. The SMILES string of the molecule is O=C(CNC(=O)c1ccco1)OCC(=O)c1ccc(F)cc1. The molecular formula is C15H12FNO5. The van der Waals surface area contributed by atoms with Gasteiger partial charge in [0.15, 0.2) is 18.2 Å². The van der Waals surface area contributed by atoms with Gasteiger partial charge >= 0.3 is 5.97 Å². The van der Waals surface area contributed by atoms with Crippen LogP contribution in [-0.4, -0.2) is 30.8 Å². The summed E-state index contributed by atoms with van der Waals surface area (Å²) in [6.45, 7) is -0.878. The molecule has 22 heavy (non-hydrogen) atoms. The third-order valence-corrected chi connectivity index (χ3v) is 2.67. The van der Waals surface area contributed by atoms with Crippen molar-refractivity contribution in [1.82, 2.24) is 5.32 Å². The van der Waals surface area contributed by atoms with Crippen molar-refractivity contribution in [2.75, 3.05) is 13.2 Å². The number of ether oxygens (including phenoxy) is 1. The molecule has 0 fully saturated rings. The lowest BCUT2D eigenvalue weighted by atomic mass is 10.1. The van der Waals surface area contributed by atoms with Crippen LogP contribution in [0, 0.1) is 5.82 Å². The summed E-state index contributed by atoms with van der Waals surface area (Å²) in [7, 11) is 0.